The highest BCUT2D eigenvalue weighted by molar-refractivity contribution is 6.32. The molecule has 1 rings (SSSR count). The maximum atomic E-state index is 10.5. The van der Waals surface area contributed by atoms with E-state index in [1.807, 2.05) is 13.8 Å². The van der Waals surface area contributed by atoms with Crippen molar-refractivity contribution in [2.24, 2.45) is 0 Å². The molecule has 0 atom stereocenters. The summed E-state index contributed by atoms with van der Waals surface area (Å²) in [5.74, 6) is 0. The summed E-state index contributed by atoms with van der Waals surface area (Å²) < 4.78 is 0. The Balaban J connectivity index is 2.94. The number of nitro groups is 1. The van der Waals surface area contributed by atoms with Gasteiger partial charge < -0.3 is 5.32 Å². The van der Waals surface area contributed by atoms with Crippen LogP contribution >= 0.6 is 11.6 Å². The molecule has 0 amide bonds. The van der Waals surface area contributed by atoms with Crippen molar-refractivity contribution in [1.29, 1.82) is 0 Å². The molecule has 1 N–H and O–H groups in total. The summed E-state index contributed by atoms with van der Waals surface area (Å²) in [6.07, 6.45) is 0. The lowest BCUT2D eigenvalue weighted by molar-refractivity contribution is -0.384. The summed E-state index contributed by atoms with van der Waals surface area (Å²) in [4.78, 5) is 9.96. The van der Waals surface area contributed by atoms with Crippen LogP contribution in [0, 0.1) is 10.1 Å². The van der Waals surface area contributed by atoms with Crippen molar-refractivity contribution in [3.05, 3.63) is 33.3 Å². The lowest BCUT2D eigenvalue weighted by Crippen LogP contribution is -2.09. The molecule has 0 bridgehead atoms. The first kappa shape index (κ1) is 10.8. The van der Waals surface area contributed by atoms with E-state index in [0.717, 1.165) is 5.69 Å². The van der Waals surface area contributed by atoms with Crippen LogP contribution in [-0.4, -0.2) is 11.0 Å². The van der Waals surface area contributed by atoms with Crippen molar-refractivity contribution < 1.29 is 4.92 Å². The Hall–Kier alpha value is -1.29. The van der Waals surface area contributed by atoms with Gasteiger partial charge >= 0.3 is 0 Å². The lowest BCUT2D eigenvalue weighted by atomic mass is 10.2. The Morgan fingerprint density at radius 2 is 2.14 bits per heavy atom. The van der Waals surface area contributed by atoms with Gasteiger partial charge in [0.25, 0.3) is 5.69 Å². The summed E-state index contributed by atoms with van der Waals surface area (Å²) in [5, 5.41) is 13.7. The quantitative estimate of drug-likeness (QED) is 0.622. The van der Waals surface area contributed by atoms with Gasteiger partial charge in [0, 0.05) is 17.8 Å². The van der Waals surface area contributed by atoms with E-state index >= 15 is 0 Å². The van der Waals surface area contributed by atoms with Crippen LogP contribution < -0.4 is 5.32 Å². The van der Waals surface area contributed by atoms with Gasteiger partial charge in [-0.2, -0.15) is 0 Å². The minimum Gasteiger partial charge on any atom is -0.383 e. The van der Waals surface area contributed by atoms with E-state index in [1.165, 1.54) is 6.07 Å². The molecule has 0 unspecified atom stereocenters. The highest BCUT2D eigenvalue weighted by atomic mass is 35.5. The van der Waals surface area contributed by atoms with E-state index in [-0.39, 0.29) is 16.8 Å². The molecule has 76 valence electrons. The Labute approximate surface area is 87.0 Å². The largest absolute Gasteiger partial charge is 0.383 e. The molecule has 0 aliphatic heterocycles. The van der Waals surface area contributed by atoms with Crippen LogP contribution in [-0.2, 0) is 0 Å². The van der Waals surface area contributed by atoms with Crippen molar-refractivity contribution >= 4 is 23.0 Å². The molecule has 1 aromatic carbocycles. The standard InChI is InChI=1S/C9H11ClN2O2/c1-6(2)11-7-3-4-9(12(13)14)8(10)5-7/h3-6,11H,1-2H3. The van der Waals surface area contributed by atoms with Crippen molar-refractivity contribution in [3.8, 4) is 0 Å². The molecule has 0 aromatic heterocycles. The number of nitrogens with zero attached hydrogens (tertiary/aromatic N) is 1. The molecule has 0 saturated carbocycles. The van der Waals surface area contributed by atoms with Crippen molar-refractivity contribution in [2.75, 3.05) is 5.32 Å². The third-order valence-corrected chi connectivity index (χ3v) is 1.90. The molecule has 0 spiro atoms. The zero-order valence-corrected chi connectivity index (χ0v) is 8.71. The van der Waals surface area contributed by atoms with E-state index in [2.05, 4.69) is 5.32 Å². The van der Waals surface area contributed by atoms with Gasteiger partial charge in [0.05, 0.1) is 4.92 Å². The van der Waals surface area contributed by atoms with Crippen LogP contribution in [0.3, 0.4) is 0 Å². The van der Waals surface area contributed by atoms with Gasteiger partial charge in [-0.25, -0.2) is 0 Å². The maximum absolute atomic E-state index is 10.5. The van der Waals surface area contributed by atoms with Gasteiger partial charge in [0.1, 0.15) is 5.02 Å². The number of benzene rings is 1. The predicted molar refractivity (Wildman–Crippen MR) is 56.9 cm³/mol. The molecule has 0 radical (unpaired) electrons. The van der Waals surface area contributed by atoms with Crippen molar-refractivity contribution in [1.82, 2.24) is 0 Å². The highest BCUT2D eigenvalue weighted by Crippen LogP contribution is 2.27. The van der Waals surface area contributed by atoms with Crippen LogP contribution in [0.15, 0.2) is 18.2 Å². The smallest absolute Gasteiger partial charge is 0.288 e. The van der Waals surface area contributed by atoms with E-state index in [9.17, 15) is 10.1 Å². The predicted octanol–water partition coefficient (Wildman–Crippen LogP) is 3.07. The zero-order chi connectivity index (χ0) is 10.7. The van der Waals surface area contributed by atoms with E-state index < -0.39 is 4.92 Å². The average molecular weight is 215 g/mol. The minimum absolute atomic E-state index is 0.0685. The van der Waals surface area contributed by atoms with Crippen LogP contribution in [0.1, 0.15) is 13.8 Å². The number of nitrogens with one attached hydrogen (secondary N) is 1. The molecule has 1 aromatic rings. The first-order valence-corrected chi connectivity index (χ1v) is 4.59. The summed E-state index contributed by atoms with van der Waals surface area (Å²) in [5.41, 5.74) is 0.719. The van der Waals surface area contributed by atoms with E-state index in [1.54, 1.807) is 12.1 Å². The molecule has 0 saturated heterocycles. The fourth-order valence-corrected chi connectivity index (χ4v) is 1.33. The third kappa shape index (κ3) is 2.60. The monoisotopic (exact) mass is 214 g/mol. The second-order valence-corrected chi connectivity index (χ2v) is 3.63. The molecule has 5 heteroatoms. The summed E-state index contributed by atoms with van der Waals surface area (Å²) in [6, 6.07) is 4.86. The summed E-state index contributed by atoms with van der Waals surface area (Å²) >= 11 is 5.73. The normalized spacial score (nSPS) is 10.3. The first-order valence-electron chi connectivity index (χ1n) is 4.21. The fraction of sp³-hybridized carbons (Fsp3) is 0.333. The van der Waals surface area contributed by atoms with Crippen LogP contribution in [0.2, 0.25) is 5.02 Å². The van der Waals surface area contributed by atoms with E-state index in [0.29, 0.717) is 0 Å². The first-order chi connectivity index (χ1) is 6.50. The zero-order valence-electron chi connectivity index (χ0n) is 7.95. The van der Waals surface area contributed by atoms with Crippen LogP contribution in [0.4, 0.5) is 11.4 Å². The number of anilines is 1. The van der Waals surface area contributed by atoms with Gasteiger partial charge in [0.2, 0.25) is 0 Å². The Bertz CT molecular complexity index is 353. The molecular formula is C9H11ClN2O2. The Kier molecular flexibility index (Phi) is 3.30. The average Bonchev–Trinajstić information content (AvgIpc) is 2.01. The molecular weight excluding hydrogens is 204 g/mol. The van der Waals surface area contributed by atoms with Crippen molar-refractivity contribution in [2.45, 2.75) is 19.9 Å². The third-order valence-electron chi connectivity index (χ3n) is 1.60. The molecule has 4 nitrogen and oxygen atoms in total. The van der Waals surface area contributed by atoms with Gasteiger partial charge in [0.15, 0.2) is 0 Å². The topological polar surface area (TPSA) is 55.2 Å². The number of hydrogen-bond donors (Lipinski definition) is 1. The summed E-state index contributed by atoms with van der Waals surface area (Å²) in [7, 11) is 0. The number of rotatable bonds is 3. The molecule has 0 fully saturated rings. The van der Waals surface area contributed by atoms with Crippen molar-refractivity contribution in [3.63, 3.8) is 0 Å². The Morgan fingerprint density at radius 3 is 2.57 bits per heavy atom. The Morgan fingerprint density at radius 1 is 1.50 bits per heavy atom. The second kappa shape index (κ2) is 4.28. The SMILES string of the molecule is CC(C)Nc1ccc([N+](=O)[O-])c(Cl)c1. The molecule has 0 aliphatic rings. The number of halogens is 1. The maximum Gasteiger partial charge on any atom is 0.288 e. The summed E-state index contributed by atoms with van der Waals surface area (Å²) in [6.45, 7) is 3.96. The fourth-order valence-electron chi connectivity index (χ4n) is 1.08. The van der Waals surface area contributed by atoms with Gasteiger partial charge in [-0.1, -0.05) is 11.6 Å². The van der Waals surface area contributed by atoms with Gasteiger partial charge in [-0.15, -0.1) is 0 Å². The molecule has 14 heavy (non-hydrogen) atoms. The molecule has 0 aliphatic carbocycles. The van der Waals surface area contributed by atoms with Gasteiger partial charge in [-0.3, -0.25) is 10.1 Å². The number of hydrogen-bond acceptors (Lipinski definition) is 3. The van der Waals surface area contributed by atoms with Crippen LogP contribution in [0.5, 0.6) is 0 Å². The highest BCUT2D eigenvalue weighted by Gasteiger charge is 2.11. The van der Waals surface area contributed by atoms with Gasteiger partial charge in [-0.05, 0) is 26.0 Å². The van der Waals surface area contributed by atoms with Crippen LogP contribution in [0.25, 0.3) is 0 Å². The number of nitro benzene ring substituents is 1. The van der Waals surface area contributed by atoms with E-state index in [4.69, 9.17) is 11.6 Å². The molecule has 0 heterocycles. The second-order valence-electron chi connectivity index (χ2n) is 3.22. The lowest BCUT2D eigenvalue weighted by Gasteiger charge is -2.09. The minimum atomic E-state index is -0.499.